The van der Waals surface area contributed by atoms with E-state index in [1.807, 2.05) is 0 Å². The van der Waals surface area contributed by atoms with Gasteiger partial charge in [-0.1, -0.05) is 0 Å². The zero-order valence-corrected chi connectivity index (χ0v) is 10.2. The van der Waals surface area contributed by atoms with Crippen LogP contribution < -0.4 is 10.9 Å². The fourth-order valence-electron chi connectivity index (χ4n) is 2.60. The van der Waals surface area contributed by atoms with Crippen LogP contribution >= 0.6 is 0 Å². The van der Waals surface area contributed by atoms with Crippen molar-refractivity contribution in [2.45, 2.75) is 31.5 Å². The van der Waals surface area contributed by atoms with E-state index in [9.17, 15) is 9.59 Å². The van der Waals surface area contributed by atoms with Gasteiger partial charge in [0.1, 0.15) is 0 Å². The van der Waals surface area contributed by atoms with Gasteiger partial charge in [0.2, 0.25) is 11.7 Å². The largest absolute Gasteiger partial charge is 0.374 e. The lowest BCUT2D eigenvalue weighted by atomic mass is 9.89. The molecule has 2 bridgehead atoms. The first kappa shape index (κ1) is 12.0. The molecule has 2 amide bonds. The van der Waals surface area contributed by atoms with E-state index < -0.39 is 5.91 Å². The van der Waals surface area contributed by atoms with Crippen molar-refractivity contribution < 1.29 is 14.3 Å². The Balaban J connectivity index is 1.52. The van der Waals surface area contributed by atoms with E-state index >= 15 is 0 Å². The van der Waals surface area contributed by atoms with E-state index in [4.69, 9.17) is 4.74 Å². The van der Waals surface area contributed by atoms with Crippen molar-refractivity contribution in [2.24, 2.45) is 5.92 Å². The third-order valence-electron chi connectivity index (χ3n) is 3.51. The molecule has 0 saturated carbocycles. The Morgan fingerprint density at radius 2 is 2.00 bits per heavy atom. The molecule has 3 heterocycles. The van der Waals surface area contributed by atoms with Crippen LogP contribution in [0.5, 0.6) is 0 Å². The predicted molar refractivity (Wildman–Crippen MR) is 63.6 cm³/mol. The Morgan fingerprint density at radius 3 is 2.63 bits per heavy atom. The van der Waals surface area contributed by atoms with E-state index in [1.54, 1.807) is 6.07 Å². The van der Waals surface area contributed by atoms with E-state index in [1.165, 1.54) is 12.4 Å². The number of nitrogens with one attached hydrogen (secondary N) is 2. The number of aromatic nitrogens is 2. The standard InChI is InChI=1S/C12H14N4O3/c17-11(8-6-7-2-3-9(8)19-7)15-16-12(18)10-13-4-1-5-14-10/h1,4-5,7-9H,2-3,6H2,(H,15,17)(H,16,18)/t7-,8+,9+/m0/s1. The van der Waals surface area contributed by atoms with Gasteiger partial charge >= 0.3 is 5.91 Å². The monoisotopic (exact) mass is 262 g/mol. The normalized spacial score (nSPS) is 28.1. The summed E-state index contributed by atoms with van der Waals surface area (Å²) in [5, 5.41) is 0. The summed E-state index contributed by atoms with van der Waals surface area (Å²) in [6.07, 6.45) is 5.80. The number of carbonyl (C=O) groups excluding carboxylic acids is 2. The summed E-state index contributed by atoms with van der Waals surface area (Å²) in [5.41, 5.74) is 4.73. The maximum atomic E-state index is 11.9. The molecule has 0 spiro atoms. The van der Waals surface area contributed by atoms with E-state index in [2.05, 4.69) is 20.8 Å². The van der Waals surface area contributed by atoms with Gasteiger partial charge in [0, 0.05) is 12.4 Å². The predicted octanol–water partition coefficient (Wildman–Crippen LogP) is -0.195. The molecule has 1 aromatic rings. The van der Waals surface area contributed by atoms with Crippen molar-refractivity contribution in [1.29, 1.82) is 0 Å². The Morgan fingerprint density at radius 1 is 1.21 bits per heavy atom. The van der Waals surface area contributed by atoms with Crippen LogP contribution in [-0.4, -0.2) is 34.0 Å². The quantitative estimate of drug-likeness (QED) is 0.720. The molecular formula is C12H14N4O3. The molecule has 7 nitrogen and oxygen atoms in total. The van der Waals surface area contributed by atoms with Crippen LogP contribution in [-0.2, 0) is 9.53 Å². The van der Waals surface area contributed by atoms with Crippen molar-refractivity contribution in [2.75, 3.05) is 0 Å². The van der Waals surface area contributed by atoms with Gasteiger partial charge < -0.3 is 4.74 Å². The molecule has 3 atom stereocenters. The first-order chi connectivity index (χ1) is 9.24. The molecule has 7 heteroatoms. The number of nitrogens with zero attached hydrogens (tertiary/aromatic N) is 2. The smallest absolute Gasteiger partial charge is 0.307 e. The summed E-state index contributed by atoms with van der Waals surface area (Å²) in [4.78, 5) is 31.2. The highest BCUT2D eigenvalue weighted by molar-refractivity contribution is 5.92. The second-order valence-electron chi connectivity index (χ2n) is 4.73. The Labute approximate surface area is 109 Å². The topological polar surface area (TPSA) is 93.2 Å². The molecular weight excluding hydrogens is 248 g/mol. The fraction of sp³-hybridized carbons (Fsp3) is 0.500. The number of rotatable bonds is 2. The molecule has 2 fully saturated rings. The fourth-order valence-corrected chi connectivity index (χ4v) is 2.60. The first-order valence-corrected chi connectivity index (χ1v) is 6.26. The Bertz CT molecular complexity index is 493. The number of hydrogen-bond donors (Lipinski definition) is 2. The molecule has 100 valence electrons. The van der Waals surface area contributed by atoms with Gasteiger partial charge in [0.05, 0.1) is 18.1 Å². The second-order valence-corrected chi connectivity index (χ2v) is 4.73. The molecule has 2 saturated heterocycles. The Kier molecular flexibility index (Phi) is 3.12. The van der Waals surface area contributed by atoms with Crippen LogP contribution in [0.3, 0.4) is 0 Å². The van der Waals surface area contributed by atoms with Crippen LogP contribution in [0.15, 0.2) is 18.5 Å². The summed E-state index contributed by atoms with van der Waals surface area (Å²) in [5.74, 6) is -0.891. The molecule has 0 aromatic carbocycles. The number of hydrogen-bond acceptors (Lipinski definition) is 5. The third-order valence-corrected chi connectivity index (χ3v) is 3.51. The summed E-state index contributed by atoms with van der Waals surface area (Å²) in [6, 6.07) is 1.61. The molecule has 0 unspecified atom stereocenters. The zero-order valence-electron chi connectivity index (χ0n) is 10.2. The lowest BCUT2D eigenvalue weighted by Crippen LogP contribution is -2.46. The molecule has 3 rings (SSSR count). The number of hydrazine groups is 1. The lowest BCUT2D eigenvalue weighted by Gasteiger charge is -2.17. The van der Waals surface area contributed by atoms with Crippen LogP contribution in [0.25, 0.3) is 0 Å². The molecule has 0 aliphatic carbocycles. The lowest BCUT2D eigenvalue weighted by molar-refractivity contribution is -0.127. The van der Waals surface area contributed by atoms with Gasteiger partial charge in [0.25, 0.3) is 0 Å². The van der Waals surface area contributed by atoms with Crippen molar-refractivity contribution in [3.8, 4) is 0 Å². The second kappa shape index (κ2) is 4.93. The average molecular weight is 262 g/mol. The van der Waals surface area contributed by atoms with Gasteiger partial charge in [0.15, 0.2) is 0 Å². The van der Waals surface area contributed by atoms with Gasteiger partial charge in [-0.25, -0.2) is 9.97 Å². The summed E-state index contributed by atoms with van der Waals surface area (Å²) >= 11 is 0. The van der Waals surface area contributed by atoms with Crippen LogP contribution in [0, 0.1) is 5.92 Å². The number of amides is 2. The van der Waals surface area contributed by atoms with Gasteiger partial charge in [-0.15, -0.1) is 0 Å². The first-order valence-electron chi connectivity index (χ1n) is 6.26. The van der Waals surface area contributed by atoms with Gasteiger partial charge in [-0.05, 0) is 25.3 Å². The highest BCUT2D eigenvalue weighted by Crippen LogP contribution is 2.38. The van der Waals surface area contributed by atoms with Crippen molar-refractivity contribution >= 4 is 11.8 Å². The van der Waals surface area contributed by atoms with E-state index in [0.29, 0.717) is 0 Å². The number of carbonyl (C=O) groups is 2. The van der Waals surface area contributed by atoms with Crippen LogP contribution in [0.2, 0.25) is 0 Å². The van der Waals surface area contributed by atoms with Crippen molar-refractivity contribution in [1.82, 2.24) is 20.8 Å². The average Bonchev–Trinajstić information content (AvgIpc) is 3.08. The van der Waals surface area contributed by atoms with Crippen molar-refractivity contribution in [3.63, 3.8) is 0 Å². The molecule has 19 heavy (non-hydrogen) atoms. The van der Waals surface area contributed by atoms with Crippen LogP contribution in [0.1, 0.15) is 29.9 Å². The van der Waals surface area contributed by atoms with E-state index in [-0.39, 0.29) is 29.9 Å². The molecule has 0 radical (unpaired) electrons. The molecule has 2 aliphatic rings. The van der Waals surface area contributed by atoms with Crippen LogP contribution in [0.4, 0.5) is 0 Å². The minimum absolute atomic E-state index is 0.00474. The van der Waals surface area contributed by atoms with E-state index in [0.717, 1.165) is 19.3 Å². The summed E-state index contributed by atoms with van der Waals surface area (Å²) in [6.45, 7) is 0. The highest BCUT2D eigenvalue weighted by Gasteiger charge is 2.44. The van der Waals surface area contributed by atoms with Gasteiger partial charge in [-0.3, -0.25) is 20.4 Å². The maximum Gasteiger partial charge on any atom is 0.307 e. The summed E-state index contributed by atoms with van der Waals surface area (Å²) in [7, 11) is 0. The number of ether oxygens (including phenoxy) is 1. The van der Waals surface area contributed by atoms with Crippen molar-refractivity contribution in [3.05, 3.63) is 24.3 Å². The zero-order chi connectivity index (χ0) is 13.2. The summed E-state index contributed by atoms with van der Waals surface area (Å²) < 4.78 is 5.60. The third kappa shape index (κ3) is 2.41. The molecule has 1 aromatic heterocycles. The number of fused-ring (bicyclic) bond motifs is 2. The SMILES string of the molecule is O=C(NNC(=O)[C@@H]1C[C@@H]2CC[C@H]1O2)c1ncccn1. The highest BCUT2D eigenvalue weighted by atomic mass is 16.5. The Hall–Kier alpha value is -2.02. The maximum absolute atomic E-state index is 11.9. The molecule has 2 aliphatic heterocycles. The minimum atomic E-state index is -0.530. The minimum Gasteiger partial charge on any atom is -0.374 e. The van der Waals surface area contributed by atoms with Gasteiger partial charge in [-0.2, -0.15) is 0 Å². The molecule has 2 N–H and O–H groups in total.